The Morgan fingerprint density at radius 1 is 0.181 bits per heavy atom. The van der Waals surface area contributed by atoms with Gasteiger partial charge in [0.1, 0.15) is 23.0 Å². The fraction of sp³-hybridized carbons (Fsp3) is 0.397. The van der Waals surface area contributed by atoms with E-state index in [0.29, 0.717) is 32.5 Å². The Bertz CT molecular complexity index is 6410. The lowest BCUT2D eigenvalue weighted by Crippen LogP contribution is -2.60. The predicted octanol–water partition coefficient (Wildman–Crippen LogP) is 36.9. The van der Waals surface area contributed by atoms with Crippen LogP contribution in [0, 0.1) is 44.3 Å². The summed E-state index contributed by atoms with van der Waals surface area (Å²) in [6, 6.07) is 108. The maximum absolute atomic E-state index is 6.40. The van der Waals surface area contributed by atoms with Crippen molar-refractivity contribution in [1.29, 1.82) is 0 Å². The monoisotopic (exact) mass is 1820 g/mol. The van der Waals surface area contributed by atoms with Crippen molar-refractivity contribution >= 4 is 0 Å². The van der Waals surface area contributed by atoms with Crippen LogP contribution in [-0.2, 0) is 43.3 Å². The highest BCUT2D eigenvalue weighted by Crippen LogP contribution is 2.75. The van der Waals surface area contributed by atoms with Gasteiger partial charge in [0.25, 0.3) is 0 Å². The molecule has 2 saturated carbocycles. The molecule has 12 aromatic carbocycles. The molecule has 11 aliphatic carbocycles. The first-order valence-corrected chi connectivity index (χ1v) is 52.8. The molecule has 13 aliphatic rings. The predicted molar refractivity (Wildman–Crippen MR) is 579 cm³/mol. The normalized spacial score (nSPS) is 24.4. The fourth-order valence-electron chi connectivity index (χ4n) is 32.9. The minimum atomic E-state index is -0.205. The molecule has 2 fully saturated rings. The summed E-state index contributed by atoms with van der Waals surface area (Å²) in [7, 11) is 0. The zero-order chi connectivity index (χ0) is 97.0. The summed E-state index contributed by atoms with van der Waals surface area (Å²) in [5.41, 5.74) is 46.0. The highest BCUT2D eigenvalue weighted by atomic mass is 16.5. The molecular weight excluding hydrogens is 1670 g/mol. The Balaban J connectivity index is 0.000000106. The van der Waals surface area contributed by atoms with Gasteiger partial charge in [-0.3, -0.25) is 0 Å². The van der Waals surface area contributed by atoms with Gasteiger partial charge in [-0.15, -0.1) is 0 Å². The number of hydrogen-bond donors (Lipinski definition) is 0. The molecule has 2 heteroatoms. The second kappa shape index (κ2) is 32.8. The summed E-state index contributed by atoms with van der Waals surface area (Å²) in [6.07, 6.45) is 17.9. The third kappa shape index (κ3) is 12.4. The van der Waals surface area contributed by atoms with E-state index >= 15 is 0 Å². The highest BCUT2D eigenvalue weighted by Gasteiger charge is 2.66. The van der Waals surface area contributed by atoms with Crippen LogP contribution in [0.4, 0.5) is 0 Å². The third-order valence-corrected chi connectivity index (χ3v) is 42.5. The summed E-state index contributed by atoms with van der Waals surface area (Å²) in [4.78, 5) is 0. The van der Waals surface area contributed by atoms with Crippen LogP contribution in [-0.4, -0.2) is 0 Å². The molecule has 2 nitrogen and oxygen atoms in total. The Labute approximate surface area is 828 Å². The van der Waals surface area contributed by atoms with Crippen molar-refractivity contribution in [3.05, 3.63) is 436 Å². The fourth-order valence-corrected chi connectivity index (χ4v) is 32.9. The van der Waals surface area contributed by atoms with E-state index in [4.69, 9.17) is 9.47 Å². The Morgan fingerprint density at radius 3 is 0.594 bits per heavy atom. The first-order chi connectivity index (χ1) is 65.8. The molecule has 12 aromatic rings. The quantitative estimate of drug-likeness (QED) is 0.141. The van der Waals surface area contributed by atoms with Crippen molar-refractivity contribution < 1.29 is 9.47 Å². The molecule has 0 aromatic heterocycles. The van der Waals surface area contributed by atoms with E-state index in [1.54, 1.807) is 22.3 Å². The maximum Gasteiger partial charge on any atom is 0.131 e. The average molecular weight is 1820 g/mol. The van der Waals surface area contributed by atoms with E-state index in [1.807, 2.05) is 0 Å². The number of hydrogen-bond acceptors (Lipinski definition) is 2. The first-order valence-electron chi connectivity index (χ1n) is 52.8. The van der Waals surface area contributed by atoms with Crippen molar-refractivity contribution in [2.24, 2.45) is 44.3 Å². The minimum Gasteiger partial charge on any atom is -0.457 e. The summed E-state index contributed by atoms with van der Waals surface area (Å²) in [5.74, 6) is 5.71. The van der Waals surface area contributed by atoms with Crippen molar-refractivity contribution in [2.75, 3.05) is 0 Å². The van der Waals surface area contributed by atoms with Gasteiger partial charge < -0.3 is 9.47 Å². The summed E-state index contributed by atoms with van der Waals surface area (Å²) >= 11 is 0. The number of ether oxygens (including phenoxy) is 2. The van der Waals surface area contributed by atoms with Crippen molar-refractivity contribution in [1.82, 2.24) is 0 Å². The average Bonchev–Trinajstić information content (AvgIpc) is 0.917. The van der Waals surface area contributed by atoms with Crippen LogP contribution in [0.15, 0.2) is 347 Å². The van der Waals surface area contributed by atoms with Crippen molar-refractivity contribution in [2.45, 2.75) is 299 Å². The van der Waals surface area contributed by atoms with E-state index in [2.05, 4.69) is 457 Å². The van der Waals surface area contributed by atoms with Crippen LogP contribution in [0.25, 0.3) is 22.3 Å². The number of allylic oxidation sites excluding steroid dienone is 10. The second-order valence-corrected chi connectivity index (χ2v) is 48.0. The van der Waals surface area contributed by atoms with Gasteiger partial charge in [0.15, 0.2) is 0 Å². The van der Waals surface area contributed by atoms with Crippen molar-refractivity contribution in [3.63, 3.8) is 0 Å². The molecule has 0 N–H and O–H groups in total. The summed E-state index contributed by atoms with van der Waals surface area (Å²) < 4.78 is 12.8. The molecule has 0 amide bonds. The lowest BCUT2D eigenvalue weighted by Gasteiger charge is -2.68. The number of benzene rings is 12. The van der Waals surface area contributed by atoms with Gasteiger partial charge in [0.05, 0.1) is 0 Å². The van der Waals surface area contributed by atoms with E-state index in [0.717, 1.165) is 73.4 Å². The summed E-state index contributed by atoms with van der Waals surface area (Å²) in [5, 5.41) is 0. The van der Waals surface area contributed by atoms with Crippen LogP contribution < -0.4 is 9.47 Å². The molecule has 4 atom stereocenters. The van der Waals surface area contributed by atoms with Gasteiger partial charge in [0, 0.05) is 65.6 Å². The van der Waals surface area contributed by atoms with E-state index in [9.17, 15) is 0 Å². The molecule has 0 bridgehead atoms. The molecule has 6 spiro atoms. The van der Waals surface area contributed by atoms with Crippen molar-refractivity contribution in [3.8, 4) is 45.3 Å². The Kier molecular flexibility index (Phi) is 22.1. The SMILES string of the molecule is CC1=C(C)C(C)(C)C2(C)CCCCC2(C)C1(C)C.CC1=C(C)C(C)(C)C2CCCCC2C1(C)C.CC1=C(C)C2(CCC13c1ccccc1-c1ccccc13)c1ccccc1-c1ccccc12.CC1=C(C)C2(CCC13c1ccccc1C(C)(C)c1ccccc13)c1ccccc1C(C)(C)c1ccccc12.CC1=C(C)C2(CCC13c1ccccc1Oc1ccccc13)c1ccccc1Oc1ccccc12. The zero-order valence-electron chi connectivity index (χ0n) is 87.6. The topological polar surface area (TPSA) is 18.5 Å². The van der Waals surface area contributed by atoms with E-state index in [-0.39, 0.29) is 43.3 Å². The van der Waals surface area contributed by atoms with E-state index in [1.165, 1.54) is 196 Å². The van der Waals surface area contributed by atoms with Crippen LogP contribution in [0.2, 0.25) is 0 Å². The van der Waals surface area contributed by atoms with Gasteiger partial charge in [-0.2, -0.15) is 0 Å². The Hall–Kier alpha value is -11.1. The number of rotatable bonds is 0. The van der Waals surface area contributed by atoms with Gasteiger partial charge >= 0.3 is 0 Å². The molecule has 706 valence electrons. The standard InChI is InChI=1S/C38H38.C32H26O2.C32H26.C18H32.C16H28/c1-25-26(2)38(33-21-13-9-17-29(33)36(5,6)30-18-10-14-22-34(30)38)24-23-37(25)31-19-11-7-15-27(31)35(3,4)28-16-8-12-20-32(28)37;1-21-22(2)32(25-13-5-9-17-29(25)34-30-18-10-6-14-26(30)32)20-19-31(21)23-11-3-7-15-27(23)33-28-16-8-4-12-24(28)31;1-21-22(2)32(29-17-9-5-13-25(29)26-14-6-10-18-30(26)32)20-19-31(21)27-15-7-3-11-23(27)24-12-4-8-16-28(24)31;1-13-14(2)16(5,6)18(8)12-10-9-11-17(18,7)15(13,3)4;1-11-12(2)16(5,6)14-10-8-7-9-13(14)15(11,3)4/h7-22H,23-24H2,1-6H3;3-18H,19-20H2,1-2H3;3-18H,19-20H2,1-2H3;9-12H2,1-8H3;13-14H,7-10H2,1-6H3. The number of para-hydroxylation sites is 4. The maximum atomic E-state index is 6.40. The zero-order valence-corrected chi connectivity index (χ0v) is 87.6. The first kappa shape index (κ1) is 93.2. The molecular formula is C136H150O2. The van der Waals surface area contributed by atoms with Gasteiger partial charge in [-0.05, 0) is 291 Å². The lowest BCUT2D eigenvalue weighted by molar-refractivity contribution is -0.137. The van der Waals surface area contributed by atoms with Crippen LogP contribution in [0.1, 0.15) is 345 Å². The second-order valence-electron chi connectivity index (χ2n) is 48.0. The molecule has 2 aliphatic heterocycles. The van der Waals surface area contributed by atoms with Gasteiger partial charge in [0.2, 0.25) is 0 Å². The Morgan fingerprint density at radius 2 is 0.362 bits per heavy atom. The number of fused-ring (bicyclic) bond motifs is 28. The molecule has 4 unspecified atom stereocenters. The van der Waals surface area contributed by atoms with E-state index < -0.39 is 0 Å². The molecule has 138 heavy (non-hydrogen) atoms. The van der Waals surface area contributed by atoms with Gasteiger partial charge in [-0.1, -0.05) is 445 Å². The third-order valence-electron chi connectivity index (χ3n) is 42.5. The lowest BCUT2D eigenvalue weighted by atomic mass is 9.36. The smallest absolute Gasteiger partial charge is 0.131 e. The largest absolute Gasteiger partial charge is 0.457 e. The molecule has 0 saturated heterocycles. The minimum absolute atomic E-state index is 0.0180. The van der Waals surface area contributed by atoms with Crippen LogP contribution >= 0.6 is 0 Å². The van der Waals surface area contributed by atoms with Crippen LogP contribution in [0.5, 0.6) is 23.0 Å². The van der Waals surface area contributed by atoms with Gasteiger partial charge in [-0.25, -0.2) is 0 Å². The molecule has 2 heterocycles. The molecule has 25 rings (SSSR count). The highest BCUT2D eigenvalue weighted by molar-refractivity contribution is 5.88. The molecule has 0 radical (unpaired) electrons. The van der Waals surface area contributed by atoms with Crippen LogP contribution in [0.3, 0.4) is 0 Å². The summed E-state index contributed by atoms with van der Waals surface area (Å²) in [6.45, 7) is 58.6.